The van der Waals surface area contributed by atoms with Crippen LogP contribution in [0.15, 0.2) is 0 Å². The molecule has 7 heavy (non-hydrogen) atoms. The summed E-state index contributed by atoms with van der Waals surface area (Å²) in [5, 5.41) is 2.80. The second-order valence-electron chi connectivity index (χ2n) is 0.844. The highest BCUT2D eigenvalue weighted by Crippen LogP contribution is 1.89. The minimum Gasteiger partial charge on any atom is -0.373 e. The average Bonchev–Trinajstić information content (AvgIpc) is 1.68. The fraction of sp³-hybridized carbons (Fsp3) is 0.667. The first kappa shape index (κ1) is 7.20. The molecule has 0 aromatic heterocycles. The van der Waals surface area contributed by atoms with E-state index >= 15 is 0 Å². The molecule has 0 rings (SSSR count). The molecule has 0 spiro atoms. The molecule has 2 N–H and O–H groups in total. The highest BCUT2D eigenvalue weighted by atomic mass is 32.2. The van der Waals surface area contributed by atoms with Gasteiger partial charge in [0.2, 0.25) is 0 Å². The molecule has 4 heteroatoms. The molecule has 0 aromatic carbocycles. The lowest BCUT2D eigenvalue weighted by Gasteiger charge is -1.96. The topological polar surface area (TPSA) is 24.1 Å². The van der Waals surface area contributed by atoms with Crippen LogP contribution in [0, 0.1) is 0 Å². The minimum absolute atomic E-state index is 0.766. The summed E-state index contributed by atoms with van der Waals surface area (Å²) < 4.78 is 3.60. The smallest absolute Gasteiger partial charge is 0.148 e. The van der Waals surface area contributed by atoms with Gasteiger partial charge in [-0.05, 0) is 19.0 Å². The predicted octanol–water partition coefficient (Wildman–Crippen LogP) is 0.358. The Morgan fingerprint density at radius 1 is 1.57 bits per heavy atom. The number of hydrogen-bond donors (Lipinski definition) is 2. The maximum atomic E-state index is 4.74. The van der Waals surface area contributed by atoms with Gasteiger partial charge in [0.25, 0.3) is 0 Å². The van der Waals surface area contributed by atoms with Gasteiger partial charge in [0.1, 0.15) is 4.32 Å². The molecular formula is C3H8N2S2. The van der Waals surface area contributed by atoms with Crippen molar-refractivity contribution in [2.75, 3.05) is 14.1 Å². The Bertz CT molecular complexity index is 64.0. The van der Waals surface area contributed by atoms with Crippen molar-refractivity contribution in [2.24, 2.45) is 0 Å². The maximum absolute atomic E-state index is 4.74. The summed E-state index contributed by atoms with van der Waals surface area (Å²) >= 11 is 6.15. The van der Waals surface area contributed by atoms with E-state index in [0.717, 1.165) is 4.32 Å². The van der Waals surface area contributed by atoms with Crippen molar-refractivity contribution in [1.82, 2.24) is 10.0 Å². The van der Waals surface area contributed by atoms with Gasteiger partial charge in [-0.25, -0.2) is 0 Å². The van der Waals surface area contributed by atoms with Crippen LogP contribution in [0.1, 0.15) is 0 Å². The molecule has 0 fully saturated rings. The zero-order valence-corrected chi connectivity index (χ0v) is 5.95. The van der Waals surface area contributed by atoms with Crippen molar-refractivity contribution in [3.8, 4) is 0 Å². The zero-order chi connectivity index (χ0) is 5.70. The van der Waals surface area contributed by atoms with E-state index in [9.17, 15) is 0 Å². The van der Waals surface area contributed by atoms with E-state index in [4.69, 9.17) is 12.2 Å². The van der Waals surface area contributed by atoms with Crippen LogP contribution in [0.4, 0.5) is 0 Å². The lowest BCUT2D eigenvalue weighted by Crippen LogP contribution is -2.14. The Labute approximate surface area is 53.2 Å². The van der Waals surface area contributed by atoms with E-state index in [1.54, 1.807) is 7.05 Å². The third kappa shape index (κ3) is 4.04. The van der Waals surface area contributed by atoms with Crippen LogP contribution in [0.25, 0.3) is 0 Å². The summed E-state index contributed by atoms with van der Waals surface area (Å²) in [5.74, 6) is 0. The first-order chi connectivity index (χ1) is 3.31. The van der Waals surface area contributed by atoms with Crippen LogP contribution in [-0.2, 0) is 0 Å². The van der Waals surface area contributed by atoms with Crippen LogP contribution < -0.4 is 10.0 Å². The first-order valence-electron chi connectivity index (χ1n) is 1.86. The predicted molar refractivity (Wildman–Crippen MR) is 38.3 cm³/mol. The Balaban J connectivity index is 3.00. The van der Waals surface area contributed by atoms with Crippen molar-refractivity contribution in [3.05, 3.63) is 0 Å². The SMILES string of the molecule is CNSC(=S)NC. The molecule has 0 heterocycles. The summed E-state index contributed by atoms with van der Waals surface area (Å²) in [7, 11) is 3.63. The van der Waals surface area contributed by atoms with Gasteiger partial charge in [-0.15, -0.1) is 0 Å². The standard InChI is InChI=1S/C3H8N2S2/c1-4-3(6)7-5-2/h5H,1-2H3,(H,4,6). The largest absolute Gasteiger partial charge is 0.373 e. The molecule has 0 radical (unpaired) electrons. The van der Waals surface area contributed by atoms with Crippen molar-refractivity contribution in [2.45, 2.75) is 0 Å². The summed E-state index contributed by atoms with van der Waals surface area (Å²) in [4.78, 5) is 0. The van der Waals surface area contributed by atoms with E-state index in [2.05, 4.69) is 10.0 Å². The van der Waals surface area contributed by atoms with Gasteiger partial charge >= 0.3 is 0 Å². The Morgan fingerprint density at radius 3 is 2.29 bits per heavy atom. The Kier molecular flexibility index (Phi) is 4.49. The molecule has 0 aliphatic carbocycles. The Hall–Kier alpha value is 0.200. The fourth-order valence-electron chi connectivity index (χ4n) is 0.144. The van der Waals surface area contributed by atoms with Gasteiger partial charge in [0.05, 0.1) is 0 Å². The summed E-state index contributed by atoms with van der Waals surface area (Å²) in [6, 6.07) is 0. The van der Waals surface area contributed by atoms with Gasteiger partial charge in [-0.3, -0.25) is 4.72 Å². The molecule has 0 unspecified atom stereocenters. The summed E-state index contributed by atoms with van der Waals surface area (Å²) in [6.45, 7) is 0. The second kappa shape index (κ2) is 4.36. The second-order valence-corrected chi connectivity index (χ2v) is 2.53. The molecule has 0 bridgehead atoms. The van der Waals surface area contributed by atoms with Gasteiger partial charge in [0, 0.05) is 7.05 Å². The van der Waals surface area contributed by atoms with Crippen molar-refractivity contribution in [1.29, 1.82) is 0 Å². The van der Waals surface area contributed by atoms with E-state index < -0.39 is 0 Å². The number of thiocarbonyl (C=S) groups is 1. The quantitative estimate of drug-likeness (QED) is 0.401. The number of rotatable bonds is 1. The van der Waals surface area contributed by atoms with Crippen LogP contribution >= 0.6 is 24.2 Å². The molecule has 0 saturated heterocycles. The fourth-order valence-corrected chi connectivity index (χ4v) is 0.681. The van der Waals surface area contributed by atoms with Gasteiger partial charge in [-0.1, -0.05) is 12.2 Å². The van der Waals surface area contributed by atoms with E-state index in [-0.39, 0.29) is 0 Å². The van der Waals surface area contributed by atoms with Crippen LogP contribution in [0.5, 0.6) is 0 Å². The highest BCUT2D eigenvalue weighted by molar-refractivity contribution is 8.21. The van der Waals surface area contributed by atoms with Gasteiger partial charge in [-0.2, -0.15) is 0 Å². The van der Waals surface area contributed by atoms with Gasteiger partial charge in [0.15, 0.2) is 0 Å². The van der Waals surface area contributed by atoms with Crippen LogP contribution in [0.3, 0.4) is 0 Å². The highest BCUT2D eigenvalue weighted by Gasteiger charge is 1.84. The van der Waals surface area contributed by atoms with Gasteiger partial charge < -0.3 is 5.32 Å². The van der Waals surface area contributed by atoms with E-state index in [1.807, 2.05) is 7.05 Å². The molecule has 0 saturated carbocycles. The molecule has 0 aromatic rings. The lowest BCUT2D eigenvalue weighted by molar-refractivity contribution is 1.22. The van der Waals surface area contributed by atoms with Crippen LogP contribution in [-0.4, -0.2) is 18.4 Å². The van der Waals surface area contributed by atoms with Crippen LogP contribution in [0.2, 0.25) is 0 Å². The summed E-state index contributed by atoms with van der Waals surface area (Å²) in [6.07, 6.45) is 0. The molecule has 42 valence electrons. The molecule has 0 aliphatic heterocycles. The first-order valence-corrected chi connectivity index (χ1v) is 3.09. The lowest BCUT2D eigenvalue weighted by atomic mass is 11.2. The van der Waals surface area contributed by atoms with E-state index in [0.29, 0.717) is 0 Å². The third-order valence-electron chi connectivity index (χ3n) is 0.399. The summed E-state index contributed by atoms with van der Waals surface area (Å²) in [5.41, 5.74) is 0. The Morgan fingerprint density at radius 2 is 2.14 bits per heavy atom. The third-order valence-corrected chi connectivity index (χ3v) is 1.45. The molecule has 2 nitrogen and oxygen atoms in total. The monoisotopic (exact) mass is 136 g/mol. The number of nitrogens with one attached hydrogen (secondary N) is 2. The molecule has 0 amide bonds. The zero-order valence-electron chi connectivity index (χ0n) is 4.32. The molecule has 0 aliphatic rings. The van der Waals surface area contributed by atoms with Crippen molar-refractivity contribution < 1.29 is 0 Å². The number of hydrogen-bond acceptors (Lipinski definition) is 3. The molecule has 0 atom stereocenters. The molecular weight excluding hydrogens is 128 g/mol. The average molecular weight is 136 g/mol. The van der Waals surface area contributed by atoms with Crippen molar-refractivity contribution >= 4 is 28.5 Å². The van der Waals surface area contributed by atoms with Crippen molar-refractivity contribution in [3.63, 3.8) is 0 Å². The minimum atomic E-state index is 0.766. The normalized spacial score (nSPS) is 8.29. The maximum Gasteiger partial charge on any atom is 0.148 e. The van der Waals surface area contributed by atoms with E-state index in [1.165, 1.54) is 11.9 Å².